The SMILES string of the molecule is CN1CCOc2ncc(S(=O)(=O)N3CCC4(CC3)C[C@@H](NC[C@H](O)COc3cccc(S(N)(=O)=O)c3)CO4)cc21. The number of aliphatic hydroxyl groups is 1. The van der Waals surface area contributed by atoms with E-state index in [1.807, 2.05) is 11.9 Å². The predicted molar refractivity (Wildman–Crippen MR) is 145 cm³/mol. The van der Waals surface area contributed by atoms with Crippen LogP contribution in [0.4, 0.5) is 5.69 Å². The Labute approximate surface area is 234 Å². The van der Waals surface area contributed by atoms with Crippen LogP contribution in [-0.4, -0.2) is 102 Å². The lowest BCUT2D eigenvalue weighted by atomic mass is 9.88. The number of aromatic nitrogens is 1. The summed E-state index contributed by atoms with van der Waals surface area (Å²) in [7, 11) is -5.67. The van der Waals surface area contributed by atoms with Crippen molar-refractivity contribution in [2.75, 3.05) is 57.9 Å². The number of nitrogens with one attached hydrogen (secondary N) is 1. The van der Waals surface area contributed by atoms with E-state index in [0.29, 0.717) is 69.4 Å². The number of hydrogen-bond acceptors (Lipinski definition) is 11. The third-order valence-corrected chi connectivity index (χ3v) is 10.4. The molecule has 2 fully saturated rings. The van der Waals surface area contributed by atoms with E-state index >= 15 is 0 Å². The summed E-state index contributed by atoms with van der Waals surface area (Å²) < 4.78 is 68.4. The molecular weight excluding hydrogens is 562 g/mol. The number of piperidine rings is 1. The highest BCUT2D eigenvalue weighted by Gasteiger charge is 2.45. The zero-order valence-corrected chi connectivity index (χ0v) is 23.9. The van der Waals surface area contributed by atoms with Gasteiger partial charge in [0.05, 0.1) is 29.8 Å². The molecule has 4 heterocycles. The van der Waals surface area contributed by atoms with E-state index in [9.17, 15) is 21.9 Å². The molecule has 2 atom stereocenters. The summed E-state index contributed by atoms with van der Waals surface area (Å²) in [5, 5.41) is 18.8. The summed E-state index contributed by atoms with van der Waals surface area (Å²) >= 11 is 0. The second-order valence-electron chi connectivity index (χ2n) is 10.5. The van der Waals surface area contributed by atoms with Crippen LogP contribution in [-0.2, 0) is 24.8 Å². The summed E-state index contributed by atoms with van der Waals surface area (Å²) in [5.74, 6) is 0.734. The van der Waals surface area contributed by atoms with Gasteiger partial charge in [0.25, 0.3) is 0 Å². The maximum absolute atomic E-state index is 13.4. The van der Waals surface area contributed by atoms with Crippen LogP contribution in [0.5, 0.6) is 11.6 Å². The van der Waals surface area contributed by atoms with Gasteiger partial charge in [-0.2, -0.15) is 4.31 Å². The van der Waals surface area contributed by atoms with Crippen molar-refractivity contribution in [1.29, 1.82) is 0 Å². The molecule has 15 heteroatoms. The van der Waals surface area contributed by atoms with Gasteiger partial charge in [0.2, 0.25) is 25.9 Å². The molecule has 220 valence electrons. The van der Waals surface area contributed by atoms with Crippen LogP contribution in [0.2, 0.25) is 0 Å². The Morgan fingerprint density at radius 1 is 1.20 bits per heavy atom. The molecule has 3 aliphatic rings. The molecule has 2 saturated heterocycles. The molecule has 0 aliphatic carbocycles. The summed E-state index contributed by atoms with van der Waals surface area (Å²) in [5.41, 5.74) is 0.250. The maximum Gasteiger partial charge on any atom is 0.244 e. The first-order valence-corrected chi connectivity index (χ1v) is 16.1. The van der Waals surface area contributed by atoms with Crippen molar-refractivity contribution in [2.45, 2.75) is 46.8 Å². The van der Waals surface area contributed by atoms with E-state index in [2.05, 4.69) is 10.3 Å². The normalized spacial score (nSPS) is 22.1. The fourth-order valence-electron chi connectivity index (χ4n) is 5.25. The molecule has 1 aromatic heterocycles. The number of nitrogens with zero attached hydrogens (tertiary/aromatic N) is 3. The average Bonchev–Trinajstić information content (AvgIpc) is 3.32. The molecule has 1 spiro atoms. The smallest absolute Gasteiger partial charge is 0.244 e. The van der Waals surface area contributed by atoms with Gasteiger partial charge in [0.1, 0.15) is 35.7 Å². The van der Waals surface area contributed by atoms with Gasteiger partial charge in [-0.15, -0.1) is 0 Å². The Bertz CT molecular complexity index is 1430. The highest BCUT2D eigenvalue weighted by atomic mass is 32.2. The molecule has 1 aromatic carbocycles. The van der Waals surface area contributed by atoms with Crippen molar-refractivity contribution in [2.24, 2.45) is 5.14 Å². The van der Waals surface area contributed by atoms with Gasteiger partial charge in [-0.1, -0.05) is 6.07 Å². The van der Waals surface area contributed by atoms with Gasteiger partial charge in [-0.3, -0.25) is 0 Å². The monoisotopic (exact) mass is 597 g/mol. The average molecular weight is 598 g/mol. The van der Waals surface area contributed by atoms with E-state index in [1.165, 1.54) is 28.7 Å². The fourth-order valence-corrected chi connectivity index (χ4v) is 7.21. The van der Waals surface area contributed by atoms with E-state index in [-0.39, 0.29) is 29.0 Å². The molecule has 0 bridgehead atoms. The highest BCUT2D eigenvalue weighted by Crippen LogP contribution is 2.38. The fraction of sp³-hybridized carbons (Fsp3) is 0.560. The van der Waals surface area contributed by atoms with Gasteiger partial charge in [-0.05, 0) is 37.5 Å². The zero-order chi connectivity index (χ0) is 28.5. The molecule has 40 heavy (non-hydrogen) atoms. The molecule has 0 saturated carbocycles. The van der Waals surface area contributed by atoms with Crippen LogP contribution in [0.25, 0.3) is 0 Å². The zero-order valence-electron chi connectivity index (χ0n) is 22.2. The van der Waals surface area contributed by atoms with Crippen molar-refractivity contribution < 1.29 is 36.2 Å². The number of sulfonamides is 2. The Hall–Kier alpha value is -2.53. The quantitative estimate of drug-likeness (QED) is 0.352. The lowest BCUT2D eigenvalue weighted by molar-refractivity contribution is -0.0312. The molecule has 0 amide bonds. The first-order valence-electron chi connectivity index (χ1n) is 13.1. The Balaban J connectivity index is 1.09. The molecule has 2 aromatic rings. The Kier molecular flexibility index (Phi) is 8.25. The number of primary sulfonamides is 1. The lowest BCUT2D eigenvalue weighted by Crippen LogP contribution is -2.47. The van der Waals surface area contributed by atoms with Crippen molar-refractivity contribution in [3.05, 3.63) is 36.5 Å². The summed E-state index contributed by atoms with van der Waals surface area (Å²) in [6, 6.07) is 7.41. The lowest BCUT2D eigenvalue weighted by Gasteiger charge is -2.38. The van der Waals surface area contributed by atoms with E-state index < -0.39 is 31.8 Å². The molecule has 0 radical (unpaired) electrons. The number of likely N-dealkylation sites (N-methyl/N-ethyl adjacent to an activating group) is 1. The second-order valence-corrected chi connectivity index (χ2v) is 14.0. The van der Waals surface area contributed by atoms with Crippen LogP contribution >= 0.6 is 0 Å². The van der Waals surface area contributed by atoms with E-state index in [1.54, 1.807) is 12.1 Å². The number of anilines is 1. The minimum absolute atomic E-state index is 0.00361. The first kappa shape index (κ1) is 29.0. The first-order chi connectivity index (χ1) is 19.0. The largest absolute Gasteiger partial charge is 0.491 e. The number of pyridine rings is 1. The van der Waals surface area contributed by atoms with Crippen LogP contribution in [0, 0.1) is 0 Å². The van der Waals surface area contributed by atoms with Crippen molar-refractivity contribution in [3.63, 3.8) is 0 Å². The standard InChI is InChI=1S/C25H35N5O8S2/c1-29-9-10-36-24-23(29)12-22(15-28-24)40(34,35)30-7-5-25(6-8-30)13-18(16-38-25)27-14-19(31)17-37-20-3-2-4-21(11-20)39(26,32)33/h2-4,11-12,15,18-19,27,31H,5-10,13-14,16-17H2,1H3,(H2,26,32,33)/t18-,19+/m1/s1. The topological polar surface area (TPSA) is 174 Å². The van der Waals surface area contributed by atoms with Crippen molar-refractivity contribution in [3.8, 4) is 11.6 Å². The number of nitrogens with two attached hydrogens (primary N) is 1. The third-order valence-electron chi connectivity index (χ3n) is 7.58. The van der Waals surface area contributed by atoms with Gasteiger partial charge in [0, 0.05) is 38.8 Å². The summed E-state index contributed by atoms with van der Waals surface area (Å²) in [6.07, 6.45) is 2.36. The molecule has 5 rings (SSSR count). The van der Waals surface area contributed by atoms with E-state index in [0.717, 1.165) is 0 Å². The van der Waals surface area contributed by atoms with Gasteiger partial charge >= 0.3 is 0 Å². The Morgan fingerprint density at radius 2 is 1.98 bits per heavy atom. The van der Waals surface area contributed by atoms with Crippen LogP contribution in [0.15, 0.2) is 46.3 Å². The molecule has 4 N–H and O–H groups in total. The van der Waals surface area contributed by atoms with Gasteiger partial charge < -0.3 is 29.5 Å². The van der Waals surface area contributed by atoms with E-state index in [4.69, 9.17) is 19.3 Å². The van der Waals surface area contributed by atoms with Crippen molar-refractivity contribution in [1.82, 2.24) is 14.6 Å². The third kappa shape index (κ3) is 6.35. The maximum atomic E-state index is 13.4. The molecular formula is C25H35N5O8S2. The molecule has 3 aliphatic heterocycles. The minimum Gasteiger partial charge on any atom is -0.491 e. The number of benzene rings is 1. The highest BCUT2D eigenvalue weighted by molar-refractivity contribution is 7.89. The number of fused-ring (bicyclic) bond motifs is 1. The van der Waals surface area contributed by atoms with Crippen LogP contribution in [0.1, 0.15) is 19.3 Å². The van der Waals surface area contributed by atoms with Gasteiger partial charge in [-0.25, -0.2) is 27.0 Å². The minimum atomic E-state index is -3.84. The molecule has 0 unspecified atom stereocenters. The van der Waals surface area contributed by atoms with Crippen LogP contribution in [0.3, 0.4) is 0 Å². The van der Waals surface area contributed by atoms with Crippen LogP contribution < -0.4 is 24.8 Å². The van der Waals surface area contributed by atoms with Gasteiger partial charge in [0.15, 0.2) is 0 Å². The summed E-state index contributed by atoms with van der Waals surface area (Å²) in [4.78, 5) is 6.25. The Morgan fingerprint density at radius 3 is 2.73 bits per heavy atom. The predicted octanol–water partition coefficient (Wildman–Crippen LogP) is -0.101. The molecule has 13 nitrogen and oxygen atoms in total. The second kappa shape index (κ2) is 11.4. The number of aliphatic hydroxyl groups excluding tert-OH is 1. The number of hydrogen-bond donors (Lipinski definition) is 3. The number of rotatable bonds is 9. The van der Waals surface area contributed by atoms with Crippen molar-refractivity contribution >= 4 is 25.7 Å². The number of ether oxygens (including phenoxy) is 3. The summed E-state index contributed by atoms with van der Waals surface area (Å²) in [6.45, 7) is 2.53.